The van der Waals surface area contributed by atoms with Crippen LogP contribution >= 0.6 is 0 Å². The largest absolute Gasteiger partial charge is 0.497 e. The first kappa shape index (κ1) is 17.6. The molecule has 1 fully saturated rings. The minimum absolute atomic E-state index is 0.00436. The van der Waals surface area contributed by atoms with E-state index in [4.69, 9.17) is 4.74 Å². The smallest absolute Gasteiger partial charge is 0.254 e. The van der Waals surface area contributed by atoms with E-state index in [1.54, 1.807) is 53.2 Å². The van der Waals surface area contributed by atoms with Crippen molar-refractivity contribution in [3.8, 4) is 5.75 Å². The van der Waals surface area contributed by atoms with Gasteiger partial charge in [-0.1, -0.05) is 6.07 Å². The summed E-state index contributed by atoms with van der Waals surface area (Å²) < 4.78 is 6.89. The molecule has 3 N–H and O–H groups in total. The van der Waals surface area contributed by atoms with Gasteiger partial charge in [0.25, 0.3) is 11.8 Å². The lowest BCUT2D eigenvalue weighted by Crippen LogP contribution is -2.53. The average molecular weight is 394 g/mol. The van der Waals surface area contributed by atoms with Crippen LogP contribution in [-0.4, -0.2) is 56.2 Å². The average Bonchev–Trinajstić information content (AvgIpc) is 3.36. The minimum atomic E-state index is -1.41. The molecule has 0 spiro atoms. The molecule has 10 heteroatoms. The van der Waals surface area contributed by atoms with Gasteiger partial charge in [-0.25, -0.2) is 9.97 Å². The van der Waals surface area contributed by atoms with Crippen molar-refractivity contribution in [2.45, 2.75) is 18.4 Å². The fourth-order valence-corrected chi connectivity index (χ4v) is 3.89. The quantitative estimate of drug-likeness (QED) is 0.550. The maximum atomic E-state index is 13.0. The molecule has 4 heterocycles. The van der Waals surface area contributed by atoms with Crippen molar-refractivity contribution in [1.29, 1.82) is 0 Å². The first-order valence-corrected chi connectivity index (χ1v) is 9.03. The Morgan fingerprint density at radius 1 is 1.38 bits per heavy atom. The molecular weight excluding hydrogens is 376 g/mol. The molecule has 1 aromatic carbocycles. The normalized spacial score (nSPS) is 23.5. The van der Waals surface area contributed by atoms with E-state index in [0.29, 0.717) is 29.3 Å². The Bertz CT molecular complexity index is 1110. The number of nitrogens with zero attached hydrogens (tertiary/aromatic N) is 4. The van der Waals surface area contributed by atoms with Crippen LogP contribution < -0.4 is 15.4 Å². The van der Waals surface area contributed by atoms with Crippen LogP contribution in [0.25, 0.3) is 5.78 Å². The van der Waals surface area contributed by atoms with Crippen LogP contribution in [0.15, 0.2) is 42.9 Å². The number of hydrogen-bond acceptors (Lipinski definition) is 7. The third-order valence-electron chi connectivity index (χ3n) is 5.34. The summed E-state index contributed by atoms with van der Waals surface area (Å²) in [5.41, 5.74) is 0.345. The van der Waals surface area contributed by atoms with Gasteiger partial charge in [-0.05, 0) is 23.8 Å². The summed E-state index contributed by atoms with van der Waals surface area (Å²) in [5, 5.41) is 15.4. The van der Waals surface area contributed by atoms with Crippen molar-refractivity contribution in [2.24, 2.45) is 0 Å². The SMILES string of the molecule is COc1ccc2c(c1)C(=O)N(CC1(c3cn4cccnc4n3)NC(O)NC1=O)C2. The van der Waals surface area contributed by atoms with Crippen molar-refractivity contribution >= 4 is 17.6 Å². The molecule has 2 aromatic heterocycles. The standard InChI is InChI=1S/C19H18N6O4/c1-29-12-4-3-11-8-25(15(26)13(11)7-12)10-19(16(27)22-18(28)23-19)14-9-24-6-2-5-20-17(24)21-14/h2-7,9,18,23,28H,8,10H2,1H3,(H,22,27). The third-order valence-corrected chi connectivity index (χ3v) is 5.34. The number of aliphatic hydroxyl groups excluding tert-OH is 1. The summed E-state index contributed by atoms with van der Waals surface area (Å²) in [6.45, 7) is 0.339. The van der Waals surface area contributed by atoms with Gasteiger partial charge in [0.15, 0.2) is 11.9 Å². The zero-order valence-corrected chi connectivity index (χ0v) is 15.5. The van der Waals surface area contributed by atoms with Crippen molar-refractivity contribution < 1.29 is 19.4 Å². The Hall–Kier alpha value is -3.50. The molecule has 2 unspecified atom stereocenters. The number of aromatic nitrogens is 3. The topological polar surface area (TPSA) is 121 Å². The maximum Gasteiger partial charge on any atom is 0.254 e. The van der Waals surface area contributed by atoms with Gasteiger partial charge in [0.05, 0.1) is 19.3 Å². The van der Waals surface area contributed by atoms with E-state index >= 15 is 0 Å². The highest BCUT2D eigenvalue weighted by Gasteiger charge is 2.52. The number of rotatable bonds is 4. The summed E-state index contributed by atoms with van der Waals surface area (Å²) in [7, 11) is 1.54. The molecule has 0 saturated carbocycles. The number of benzene rings is 1. The molecule has 29 heavy (non-hydrogen) atoms. The molecule has 0 aliphatic carbocycles. The number of carbonyl (C=O) groups excluding carboxylic acids is 2. The van der Waals surface area contributed by atoms with Crippen LogP contribution in [0.1, 0.15) is 21.6 Å². The van der Waals surface area contributed by atoms with Crippen molar-refractivity contribution in [2.75, 3.05) is 13.7 Å². The molecule has 2 aliphatic heterocycles. The molecule has 3 aromatic rings. The Labute approximate surface area is 165 Å². The van der Waals surface area contributed by atoms with Gasteiger partial charge >= 0.3 is 0 Å². The van der Waals surface area contributed by atoms with Crippen molar-refractivity contribution in [3.63, 3.8) is 0 Å². The third kappa shape index (κ3) is 2.64. The van der Waals surface area contributed by atoms with E-state index in [2.05, 4.69) is 20.6 Å². The summed E-state index contributed by atoms with van der Waals surface area (Å²) >= 11 is 0. The number of aliphatic hydroxyl groups is 1. The van der Waals surface area contributed by atoms with Crippen LogP contribution in [0.3, 0.4) is 0 Å². The minimum Gasteiger partial charge on any atom is -0.497 e. The molecule has 2 atom stereocenters. The maximum absolute atomic E-state index is 13.0. The van der Waals surface area contributed by atoms with E-state index in [0.717, 1.165) is 5.56 Å². The lowest BCUT2D eigenvalue weighted by molar-refractivity contribution is -0.125. The van der Waals surface area contributed by atoms with Crippen LogP contribution in [-0.2, 0) is 16.9 Å². The predicted molar refractivity (Wildman–Crippen MR) is 99.7 cm³/mol. The summed E-state index contributed by atoms with van der Waals surface area (Å²) in [4.78, 5) is 36.1. The number of carbonyl (C=O) groups is 2. The van der Waals surface area contributed by atoms with Gasteiger partial charge in [0, 0.05) is 30.7 Å². The Morgan fingerprint density at radius 2 is 2.24 bits per heavy atom. The molecule has 2 amide bonds. The number of nitrogens with one attached hydrogen (secondary N) is 2. The van der Waals surface area contributed by atoms with Crippen molar-refractivity contribution in [3.05, 3.63) is 59.7 Å². The summed E-state index contributed by atoms with van der Waals surface area (Å²) in [6.07, 6.45) is 3.78. The molecule has 148 valence electrons. The van der Waals surface area contributed by atoms with E-state index in [9.17, 15) is 14.7 Å². The number of imidazole rings is 1. The Kier molecular flexibility index (Phi) is 3.80. The number of hydrogen-bond donors (Lipinski definition) is 3. The van der Waals surface area contributed by atoms with Gasteiger partial charge in [-0.15, -0.1) is 0 Å². The first-order valence-electron chi connectivity index (χ1n) is 9.03. The second-order valence-electron chi connectivity index (χ2n) is 7.06. The predicted octanol–water partition coefficient (Wildman–Crippen LogP) is -0.416. The van der Waals surface area contributed by atoms with E-state index < -0.39 is 17.8 Å². The monoisotopic (exact) mass is 394 g/mol. The molecular formula is C19H18N6O4. The molecule has 10 nitrogen and oxygen atoms in total. The number of ether oxygens (including phenoxy) is 1. The highest BCUT2D eigenvalue weighted by molar-refractivity contribution is 5.99. The first-order chi connectivity index (χ1) is 14.0. The molecule has 5 rings (SSSR count). The van der Waals surface area contributed by atoms with E-state index in [1.165, 1.54) is 0 Å². The number of fused-ring (bicyclic) bond motifs is 2. The summed E-state index contributed by atoms with van der Waals surface area (Å²) in [6, 6.07) is 7.07. The van der Waals surface area contributed by atoms with Crippen LogP contribution in [0.4, 0.5) is 0 Å². The summed E-state index contributed by atoms with van der Waals surface area (Å²) in [5.74, 6) is 0.330. The zero-order valence-electron chi connectivity index (χ0n) is 15.5. The highest BCUT2D eigenvalue weighted by atomic mass is 16.5. The second-order valence-corrected chi connectivity index (χ2v) is 7.06. The lowest BCUT2D eigenvalue weighted by atomic mass is 9.95. The molecule has 0 radical (unpaired) electrons. The fourth-order valence-electron chi connectivity index (χ4n) is 3.89. The van der Waals surface area contributed by atoms with Crippen LogP contribution in [0.2, 0.25) is 0 Å². The fraction of sp³-hybridized carbons (Fsp3) is 0.263. The highest BCUT2D eigenvalue weighted by Crippen LogP contribution is 2.32. The van der Waals surface area contributed by atoms with Crippen LogP contribution in [0.5, 0.6) is 5.75 Å². The van der Waals surface area contributed by atoms with Gasteiger partial charge in [-0.3, -0.25) is 19.3 Å². The molecule has 1 saturated heterocycles. The number of methoxy groups -OCH3 is 1. The van der Waals surface area contributed by atoms with Gasteiger partial charge < -0.3 is 20.1 Å². The second kappa shape index (κ2) is 6.26. The molecule has 0 bridgehead atoms. The Balaban J connectivity index is 1.54. The van der Waals surface area contributed by atoms with Gasteiger partial charge in [-0.2, -0.15) is 0 Å². The lowest BCUT2D eigenvalue weighted by Gasteiger charge is -2.29. The Morgan fingerprint density at radius 3 is 2.97 bits per heavy atom. The van der Waals surface area contributed by atoms with E-state index in [1.807, 2.05) is 6.07 Å². The van der Waals surface area contributed by atoms with Crippen LogP contribution in [0, 0.1) is 0 Å². The number of amides is 2. The van der Waals surface area contributed by atoms with E-state index in [-0.39, 0.29) is 12.5 Å². The zero-order chi connectivity index (χ0) is 20.2. The van der Waals surface area contributed by atoms with Crippen molar-refractivity contribution in [1.82, 2.24) is 29.9 Å². The molecule has 2 aliphatic rings. The van der Waals surface area contributed by atoms with Gasteiger partial charge in [0.2, 0.25) is 5.78 Å². The van der Waals surface area contributed by atoms with Gasteiger partial charge in [0.1, 0.15) is 5.75 Å².